The van der Waals surface area contributed by atoms with Crippen LogP contribution in [0.3, 0.4) is 0 Å². The van der Waals surface area contributed by atoms with Gasteiger partial charge in [0.15, 0.2) is 0 Å². The molecule has 0 heterocycles. The molecule has 72 valence electrons. The summed E-state index contributed by atoms with van der Waals surface area (Å²) >= 11 is 0. The van der Waals surface area contributed by atoms with E-state index in [1.807, 2.05) is 0 Å². The average molecular weight is 194 g/mol. The molecule has 7 heteroatoms. The smallest absolute Gasteiger partial charge is 0.258 e. The molecule has 0 saturated carbocycles. The van der Waals surface area contributed by atoms with E-state index in [-0.39, 0.29) is 11.4 Å². The Labute approximate surface area is 80.3 Å². The number of non-ortho nitro benzene ring substituents is 1. The second-order valence-corrected chi connectivity index (χ2v) is 2.92. The third-order valence-electron chi connectivity index (χ3n) is 2.03. The number of hydrogen-bond donors (Lipinski definition) is 0. The van der Waals surface area contributed by atoms with Gasteiger partial charge in [0.1, 0.15) is 7.85 Å². The zero-order chi connectivity index (χ0) is 10.9. The molecule has 0 atom stereocenters. The lowest BCUT2D eigenvalue weighted by molar-refractivity contribution is -0.394. The number of nitro groups is 2. The first-order chi connectivity index (χ1) is 6.43. The Balaban J connectivity index is 3.43. The maximum atomic E-state index is 10.5. The van der Waals surface area contributed by atoms with Gasteiger partial charge in [0.2, 0.25) is 0 Å². The van der Waals surface area contributed by atoms with Crippen LogP contribution in [-0.2, 0) is 0 Å². The molecule has 1 rings (SSSR count). The molecule has 0 amide bonds. The van der Waals surface area contributed by atoms with Crippen molar-refractivity contribution < 1.29 is 9.85 Å². The number of hydrogen-bond acceptors (Lipinski definition) is 4. The van der Waals surface area contributed by atoms with Crippen LogP contribution < -0.4 is 5.46 Å². The molecule has 1 aromatic rings. The average Bonchev–Trinajstić information content (AvgIpc) is 2.08. The molecule has 0 unspecified atom stereocenters. The van der Waals surface area contributed by atoms with Crippen molar-refractivity contribution in [2.24, 2.45) is 0 Å². The molecular weight excluding hydrogens is 187 g/mol. The highest BCUT2D eigenvalue weighted by atomic mass is 16.6. The third kappa shape index (κ3) is 1.71. The van der Waals surface area contributed by atoms with Crippen molar-refractivity contribution in [1.82, 2.24) is 0 Å². The Morgan fingerprint density at radius 1 is 1.21 bits per heavy atom. The Kier molecular flexibility index (Phi) is 2.50. The van der Waals surface area contributed by atoms with E-state index in [1.165, 1.54) is 6.07 Å². The Morgan fingerprint density at radius 3 is 2.21 bits per heavy atom. The zero-order valence-electron chi connectivity index (χ0n) is 7.68. The standard InChI is InChI=1S/C7H7BN2O4/c1-4-6(8)2-5(9(11)12)3-7(4)10(13)14/h2-3H,8H2,1H3. The molecule has 1 aromatic carbocycles. The van der Waals surface area contributed by atoms with Gasteiger partial charge in [0, 0.05) is 11.6 Å². The SMILES string of the molecule is Bc1cc([N+](=O)[O-])cc([N+](=O)[O-])c1C. The lowest BCUT2D eigenvalue weighted by atomic mass is 9.90. The molecule has 0 aliphatic carbocycles. The molecule has 0 spiro atoms. The molecule has 0 aromatic heterocycles. The van der Waals surface area contributed by atoms with Gasteiger partial charge in [-0.2, -0.15) is 0 Å². The van der Waals surface area contributed by atoms with Crippen molar-refractivity contribution >= 4 is 24.7 Å². The van der Waals surface area contributed by atoms with Crippen LogP contribution in [0.5, 0.6) is 0 Å². The highest BCUT2D eigenvalue weighted by Crippen LogP contribution is 2.21. The Hall–Kier alpha value is -1.92. The summed E-state index contributed by atoms with van der Waals surface area (Å²) in [6.45, 7) is 1.57. The quantitative estimate of drug-likeness (QED) is 0.378. The van der Waals surface area contributed by atoms with E-state index in [2.05, 4.69) is 0 Å². The van der Waals surface area contributed by atoms with Crippen LogP contribution >= 0.6 is 0 Å². The molecule has 6 nitrogen and oxygen atoms in total. The summed E-state index contributed by atoms with van der Waals surface area (Å²) in [6.07, 6.45) is 0. The molecular formula is C7H7BN2O4. The topological polar surface area (TPSA) is 86.3 Å². The fourth-order valence-electron chi connectivity index (χ4n) is 1.12. The van der Waals surface area contributed by atoms with Crippen LogP contribution in [0.25, 0.3) is 0 Å². The van der Waals surface area contributed by atoms with Crippen molar-refractivity contribution in [3.05, 3.63) is 37.9 Å². The van der Waals surface area contributed by atoms with Crippen LogP contribution in [0.1, 0.15) is 5.56 Å². The van der Waals surface area contributed by atoms with E-state index < -0.39 is 9.85 Å². The van der Waals surface area contributed by atoms with Crippen molar-refractivity contribution in [2.75, 3.05) is 0 Å². The third-order valence-corrected chi connectivity index (χ3v) is 2.03. The molecule has 0 radical (unpaired) electrons. The zero-order valence-corrected chi connectivity index (χ0v) is 7.68. The van der Waals surface area contributed by atoms with Gasteiger partial charge in [-0.25, -0.2) is 0 Å². The molecule has 14 heavy (non-hydrogen) atoms. The second-order valence-electron chi connectivity index (χ2n) is 2.92. The highest BCUT2D eigenvalue weighted by molar-refractivity contribution is 6.34. The fraction of sp³-hybridized carbons (Fsp3) is 0.143. The van der Waals surface area contributed by atoms with Crippen molar-refractivity contribution in [3.8, 4) is 0 Å². The van der Waals surface area contributed by atoms with Gasteiger partial charge in [-0.05, 0) is 6.92 Å². The van der Waals surface area contributed by atoms with Gasteiger partial charge in [-0.1, -0.05) is 5.46 Å². The van der Waals surface area contributed by atoms with Gasteiger partial charge in [0.25, 0.3) is 11.4 Å². The summed E-state index contributed by atoms with van der Waals surface area (Å²) in [5.41, 5.74) is 0.544. The van der Waals surface area contributed by atoms with E-state index in [9.17, 15) is 20.2 Å². The fourth-order valence-corrected chi connectivity index (χ4v) is 1.12. The van der Waals surface area contributed by atoms with Crippen LogP contribution in [-0.4, -0.2) is 17.7 Å². The van der Waals surface area contributed by atoms with Crippen LogP contribution in [0, 0.1) is 27.2 Å². The molecule has 0 bridgehead atoms. The predicted molar refractivity (Wildman–Crippen MR) is 52.7 cm³/mol. The number of rotatable bonds is 2. The molecule has 0 aliphatic heterocycles. The first-order valence-electron chi connectivity index (χ1n) is 3.83. The minimum Gasteiger partial charge on any atom is -0.258 e. The first-order valence-corrected chi connectivity index (χ1v) is 3.83. The minimum atomic E-state index is -0.639. The van der Waals surface area contributed by atoms with Crippen LogP contribution in [0.2, 0.25) is 0 Å². The first kappa shape index (κ1) is 10.2. The maximum absolute atomic E-state index is 10.5. The van der Waals surface area contributed by atoms with E-state index in [1.54, 1.807) is 14.8 Å². The van der Waals surface area contributed by atoms with Crippen molar-refractivity contribution in [3.63, 3.8) is 0 Å². The van der Waals surface area contributed by atoms with Gasteiger partial charge in [0.05, 0.1) is 15.9 Å². The van der Waals surface area contributed by atoms with Gasteiger partial charge in [-0.15, -0.1) is 0 Å². The van der Waals surface area contributed by atoms with Crippen molar-refractivity contribution in [2.45, 2.75) is 6.92 Å². The second kappa shape index (κ2) is 3.45. The molecule has 0 N–H and O–H groups in total. The summed E-state index contributed by atoms with van der Waals surface area (Å²) in [4.78, 5) is 19.7. The Morgan fingerprint density at radius 2 is 1.79 bits per heavy atom. The van der Waals surface area contributed by atoms with Gasteiger partial charge >= 0.3 is 0 Å². The van der Waals surface area contributed by atoms with Crippen molar-refractivity contribution in [1.29, 1.82) is 0 Å². The van der Waals surface area contributed by atoms with Crippen LogP contribution in [0.15, 0.2) is 12.1 Å². The summed E-state index contributed by atoms with van der Waals surface area (Å²) in [5, 5.41) is 21.0. The summed E-state index contributed by atoms with van der Waals surface area (Å²) < 4.78 is 0. The van der Waals surface area contributed by atoms with E-state index in [0.29, 0.717) is 11.0 Å². The molecule has 0 fully saturated rings. The summed E-state index contributed by atoms with van der Waals surface area (Å²) in [5.74, 6) is 0. The lowest BCUT2D eigenvalue weighted by Crippen LogP contribution is -2.11. The van der Waals surface area contributed by atoms with Gasteiger partial charge in [-0.3, -0.25) is 20.2 Å². The van der Waals surface area contributed by atoms with Gasteiger partial charge < -0.3 is 0 Å². The Bertz CT molecular complexity index is 418. The van der Waals surface area contributed by atoms with Crippen LogP contribution in [0.4, 0.5) is 11.4 Å². The van der Waals surface area contributed by atoms with E-state index in [0.717, 1.165) is 6.07 Å². The summed E-state index contributed by atoms with van der Waals surface area (Å²) in [6, 6.07) is 2.30. The molecule has 0 saturated heterocycles. The largest absolute Gasteiger partial charge is 0.278 e. The highest BCUT2D eigenvalue weighted by Gasteiger charge is 2.18. The molecule has 0 aliphatic rings. The number of benzene rings is 1. The predicted octanol–water partition coefficient (Wildman–Crippen LogP) is 0.0698. The monoisotopic (exact) mass is 194 g/mol. The van der Waals surface area contributed by atoms with E-state index >= 15 is 0 Å². The minimum absolute atomic E-state index is 0.211. The lowest BCUT2D eigenvalue weighted by Gasteiger charge is -2.00. The number of nitro benzene ring substituents is 2. The maximum Gasteiger partial charge on any atom is 0.278 e. The normalized spacial score (nSPS) is 9.79. The number of nitrogens with zero attached hydrogens (tertiary/aromatic N) is 2. The van der Waals surface area contributed by atoms with E-state index in [4.69, 9.17) is 0 Å². The summed E-state index contributed by atoms with van der Waals surface area (Å²) in [7, 11) is 1.61.